The smallest absolute Gasteiger partial charge is 0.223 e. The zero-order valence-corrected chi connectivity index (χ0v) is 15.8. The van der Waals surface area contributed by atoms with E-state index in [1.165, 1.54) is 12.1 Å². The van der Waals surface area contributed by atoms with Gasteiger partial charge < -0.3 is 9.74 Å². The monoisotopic (exact) mass is 368 g/mol. The van der Waals surface area contributed by atoms with Gasteiger partial charge in [0, 0.05) is 19.4 Å². The van der Waals surface area contributed by atoms with Gasteiger partial charge in [-0.1, -0.05) is 61.5 Å². The van der Waals surface area contributed by atoms with E-state index in [4.69, 9.17) is 4.84 Å². The van der Waals surface area contributed by atoms with Crippen molar-refractivity contribution in [3.63, 3.8) is 0 Å². The van der Waals surface area contributed by atoms with Crippen molar-refractivity contribution in [2.45, 2.75) is 39.3 Å². The quantitative estimate of drug-likeness (QED) is 0.727. The van der Waals surface area contributed by atoms with Crippen molar-refractivity contribution in [2.75, 3.05) is 6.54 Å². The molecule has 2 aromatic carbocycles. The highest BCUT2D eigenvalue weighted by Crippen LogP contribution is 2.20. The highest BCUT2D eigenvalue weighted by Gasteiger charge is 2.27. The van der Waals surface area contributed by atoms with Gasteiger partial charge >= 0.3 is 0 Å². The Morgan fingerprint density at radius 3 is 2.70 bits per heavy atom. The van der Waals surface area contributed by atoms with Crippen LogP contribution in [0.25, 0.3) is 0 Å². The van der Waals surface area contributed by atoms with Crippen LogP contribution in [0.1, 0.15) is 37.8 Å². The van der Waals surface area contributed by atoms with E-state index in [-0.39, 0.29) is 23.7 Å². The first-order valence-corrected chi connectivity index (χ1v) is 9.31. The van der Waals surface area contributed by atoms with Gasteiger partial charge in [0.05, 0.1) is 12.3 Å². The first kappa shape index (κ1) is 19.1. The van der Waals surface area contributed by atoms with E-state index in [1.54, 1.807) is 11.0 Å². The average molecular weight is 368 g/mol. The lowest BCUT2D eigenvalue weighted by Gasteiger charge is -2.26. The number of carbonyl (C=O) groups excluding carboxylic acids is 1. The average Bonchev–Trinajstić information content (AvgIpc) is 3.10. The number of carbonyl (C=O) groups is 1. The third-order valence-electron chi connectivity index (χ3n) is 4.46. The van der Waals surface area contributed by atoms with Crippen molar-refractivity contribution >= 4 is 11.6 Å². The van der Waals surface area contributed by atoms with Crippen molar-refractivity contribution in [1.82, 2.24) is 4.90 Å². The molecule has 1 amide bonds. The number of amides is 1. The fourth-order valence-corrected chi connectivity index (χ4v) is 3.16. The lowest BCUT2D eigenvalue weighted by Crippen LogP contribution is -2.37. The van der Waals surface area contributed by atoms with Crippen LogP contribution in [0, 0.1) is 11.7 Å². The SMILES string of the molecule is CC(C)CC(=O)N(Cc1cccc(F)c1)CC1CC(c2ccccc2)=NO1. The Bertz CT molecular complexity index is 805. The molecule has 0 fully saturated rings. The standard InChI is InChI=1S/C22H25FN2O2/c1-16(2)11-22(26)25(14-17-7-6-10-19(23)12-17)15-20-13-21(24-27-20)18-8-4-3-5-9-18/h3-10,12,16,20H,11,13-15H2,1-2H3. The zero-order chi connectivity index (χ0) is 19.2. The minimum atomic E-state index is -0.296. The highest BCUT2D eigenvalue weighted by atomic mass is 19.1. The Hall–Kier alpha value is -2.69. The van der Waals surface area contributed by atoms with E-state index in [1.807, 2.05) is 50.2 Å². The summed E-state index contributed by atoms with van der Waals surface area (Å²) in [7, 11) is 0. The van der Waals surface area contributed by atoms with Gasteiger partial charge in [0.25, 0.3) is 0 Å². The molecule has 142 valence electrons. The Kier molecular flexibility index (Phi) is 6.22. The molecule has 0 aromatic heterocycles. The third-order valence-corrected chi connectivity index (χ3v) is 4.46. The molecule has 1 heterocycles. The van der Waals surface area contributed by atoms with E-state index < -0.39 is 0 Å². The first-order chi connectivity index (χ1) is 13.0. The maximum atomic E-state index is 13.5. The number of hydrogen-bond acceptors (Lipinski definition) is 3. The molecule has 1 atom stereocenters. The van der Waals surface area contributed by atoms with Gasteiger partial charge in [0.1, 0.15) is 5.82 Å². The molecule has 0 saturated carbocycles. The molecule has 0 aliphatic carbocycles. The van der Waals surface area contributed by atoms with Crippen LogP contribution in [0.3, 0.4) is 0 Å². The predicted molar refractivity (Wildman–Crippen MR) is 104 cm³/mol. The molecule has 1 aliphatic rings. The second kappa shape index (κ2) is 8.80. The van der Waals surface area contributed by atoms with E-state index >= 15 is 0 Å². The second-order valence-corrected chi connectivity index (χ2v) is 7.34. The summed E-state index contributed by atoms with van der Waals surface area (Å²) in [6, 6.07) is 16.3. The van der Waals surface area contributed by atoms with Gasteiger partial charge in [-0.05, 0) is 29.2 Å². The van der Waals surface area contributed by atoms with E-state index in [9.17, 15) is 9.18 Å². The molecule has 1 aliphatic heterocycles. The highest BCUT2D eigenvalue weighted by molar-refractivity contribution is 6.01. The molecule has 4 nitrogen and oxygen atoms in total. The van der Waals surface area contributed by atoms with E-state index in [2.05, 4.69) is 5.16 Å². The Labute approximate surface area is 159 Å². The van der Waals surface area contributed by atoms with E-state index in [0.29, 0.717) is 25.9 Å². The molecule has 27 heavy (non-hydrogen) atoms. The lowest BCUT2D eigenvalue weighted by molar-refractivity contribution is -0.134. The molecule has 3 rings (SSSR count). The summed E-state index contributed by atoms with van der Waals surface area (Å²) in [4.78, 5) is 20.1. The third kappa shape index (κ3) is 5.39. The fraction of sp³-hybridized carbons (Fsp3) is 0.364. The van der Waals surface area contributed by atoms with Crippen LogP contribution in [-0.4, -0.2) is 29.2 Å². The molecule has 0 N–H and O–H groups in total. The molecule has 0 bridgehead atoms. The zero-order valence-electron chi connectivity index (χ0n) is 15.8. The van der Waals surface area contributed by atoms with Gasteiger partial charge in [-0.2, -0.15) is 0 Å². The largest absolute Gasteiger partial charge is 0.390 e. The van der Waals surface area contributed by atoms with Crippen LogP contribution in [0.4, 0.5) is 4.39 Å². The lowest BCUT2D eigenvalue weighted by atomic mass is 10.0. The van der Waals surface area contributed by atoms with Crippen LogP contribution in [0.5, 0.6) is 0 Å². The normalized spacial score (nSPS) is 16.1. The maximum absolute atomic E-state index is 13.5. The molecule has 0 saturated heterocycles. The van der Waals surface area contributed by atoms with Crippen LogP contribution in [-0.2, 0) is 16.2 Å². The summed E-state index contributed by atoms with van der Waals surface area (Å²) in [5, 5.41) is 4.20. The number of rotatable bonds is 7. The number of nitrogens with zero attached hydrogens (tertiary/aromatic N) is 2. The first-order valence-electron chi connectivity index (χ1n) is 9.31. The van der Waals surface area contributed by atoms with Crippen LogP contribution < -0.4 is 0 Å². The summed E-state index contributed by atoms with van der Waals surface area (Å²) in [5.74, 6) is 0.00901. The Morgan fingerprint density at radius 1 is 1.22 bits per heavy atom. The molecule has 1 unspecified atom stereocenters. The number of hydrogen-bond donors (Lipinski definition) is 0. The minimum absolute atomic E-state index is 0.0472. The minimum Gasteiger partial charge on any atom is -0.390 e. The second-order valence-electron chi connectivity index (χ2n) is 7.34. The van der Waals surface area contributed by atoms with Gasteiger partial charge in [-0.3, -0.25) is 4.79 Å². The van der Waals surface area contributed by atoms with Crippen molar-refractivity contribution in [3.05, 3.63) is 71.5 Å². The summed E-state index contributed by atoms with van der Waals surface area (Å²) in [6.45, 7) is 4.83. The topological polar surface area (TPSA) is 41.9 Å². The molecular weight excluding hydrogens is 343 g/mol. The summed E-state index contributed by atoms with van der Waals surface area (Å²) in [6.07, 6.45) is 0.914. The van der Waals surface area contributed by atoms with Gasteiger partial charge in [-0.25, -0.2) is 4.39 Å². The van der Waals surface area contributed by atoms with E-state index in [0.717, 1.165) is 16.8 Å². The molecule has 2 aromatic rings. The number of halogens is 1. The van der Waals surface area contributed by atoms with Gasteiger partial charge in [-0.15, -0.1) is 0 Å². The summed E-state index contributed by atoms with van der Waals surface area (Å²) >= 11 is 0. The van der Waals surface area contributed by atoms with Gasteiger partial charge in [0.2, 0.25) is 5.91 Å². The molecule has 0 spiro atoms. The Morgan fingerprint density at radius 2 is 2.00 bits per heavy atom. The van der Waals surface area contributed by atoms with Gasteiger partial charge in [0.15, 0.2) is 6.10 Å². The van der Waals surface area contributed by atoms with Crippen LogP contribution in [0.15, 0.2) is 59.8 Å². The summed E-state index contributed by atoms with van der Waals surface area (Å²) in [5.41, 5.74) is 2.70. The molecule has 5 heteroatoms. The maximum Gasteiger partial charge on any atom is 0.223 e. The summed E-state index contributed by atoms with van der Waals surface area (Å²) < 4.78 is 13.5. The van der Waals surface area contributed by atoms with Crippen LogP contribution in [0.2, 0.25) is 0 Å². The molecule has 0 radical (unpaired) electrons. The van der Waals surface area contributed by atoms with Crippen molar-refractivity contribution in [3.8, 4) is 0 Å². The van der Waals surface area contributed by atoms with Crippen molar-refractivity contribution in [1.29, 1.82) is 0 Å². The van der Waals surface area contributed by atoms with Crippen LogP contribution >= 0.6 is 0 Å². The number of benzene rings is 2. The predicted octanol–water partition coefficient (Wildman–Crippen LogP) is 4.39. The fourth-order valence-electron chi connectivity index (χ4n) is 3.16. The van der Waals surface area contributed by atoms with Crippen molar-refractivity contribution in [2.24, 2.45) is 11.1 Å². The Balaban J connectivity index is 1.67. The number of oxime groups is 1. The van der Waals surface area contributed by atoms with Crippen molar-refractivity contribution < 1.29 is 14.0 Å². The molecular formula is C22H25FN2O2.